The van der Waals surface area contributed by atoms with E-state index in [1.54, 1.807) is 0 Å². The molecule has 3 rings (SSSR count). The molecule has 1 aliphatic heterocycles. The standard InChI is InChI=1S/C11H13NO2S/c1-2-10(12-14-7-8-6-13-8)9-4-5-15-11(9)3-1/h4-5,8H,1-3,6-7H2/b12-10+. The Labute approximate surface area is 92.7 Å². The fraction of sp³-hybridized carbons (Fsp3) is 0.545. The average Bonchev–Trinajstić information content (AvgIpc) is 2.95. The summed E-state index contributed by atoms with van der Waals surface area (Å²) in [6.07, 6.45) is 3.71. The lowest BCUT2D eigenvalue weighted by molar-refractivity contribution is 0.124. The predicted octanol–water partition coefficient (Wildman–Crippen LogP) is 2.20. The van der Waals surface area contributed by atoms with Gasteiger partial charge >= 0.3 is 0 Å². The first-order valence-electron chi connectivity index (χ1n) is 5.30. The average molecular weight is 223 g/mol. The maximum Gasteiger partial charge on any atom is 0.145 e. The fourth-order valence-electron chi connectivity index (χ4n) is 1.80. The van der Waals surface area contributed by atoms with E-state index < -0.39 is 0 Å². The Bertz CT molecular complexity index is 382. The maximum atomic E-state index is 5.29. The summed E-state index contributed by atoms with van der Waals surface area (Å²) in [5.41, 5.74) is 2.40. The van der Waals surface area contributed by atoms with Gasteiger partial charge in [-0.25, -0.2) is 0 Å². The Balaban J connectivity index is 1.70. The molecule has 1 unspecified atom stereocenters. The van der Waals surface area contributed by atoms with Crippen LogP contribution in [-0.2, 0) is 16.0 Å². The molecular formula is C11H13NO2S. The third-order valence-corrected chi connectivity index (χ3v) is 3.69. The minimum absolute atomic E-state index is 0.292. The quantitative estimate of drug-likeness (QED) is 0.581. The van der Waals surface area contributed by atoms with E-state index >= 15 is 0 Å². The summed E-state index contributed by atoms with van der Waals surface area (Å²) in [4.78, 5) is 6.74. The van der Waals surface area contributed by atoms with Crippen LogP contribution in [0.15, 0.2) is 16.6 Å². The van der Waals surface area contributed by atoms with Crippen molar-refractivity contribution in [1.82, 2.24) is 0 Å². The van der Waals surface area contributed by atoms with Crippen LogP contribution in [0.5, 0.6) is 0 Å². The van der Waals surface area contributed by atoms with E-state index in [0.29, 0.717) is 12.7 Å². The molecule has 1 saturated heterocycles. The molecule has 2 heterocycles. The second kappa shape index (κ2) is 3.94. The molecule has 0 radical (unpaired) electrons. The Hall–Kier alpha value is -0.870. The van der Waals surface area contributed by atoms with Gasteiger partial charge < -0.3 is 9.57 Å². The Morgan fingerprint density at radius 2 is 2.47 bits per heavy atom. The van der Waals surface area contributed by atoms with E-state index in [1.807, 2.05) is 11.3 Å². The number of aryl methyl sites for hydroxylation is 1. The van der Waals surface area contributed by atoms with Gasteiger partial charge in [-0.15, -0.1) is 11.3 Å². The smallest absolute Gasteiger partial charge is 0.145 e. The number of fused-ring (bicyclic) bond motifs is 1. The van der Waals surface area contributed by atoms with Gasteiger partial charge in [0, 0.05) is 10.4 Å². The van der Waals surface area contributed by atoms with Gasteiger partial charge in [0.05, 0.1) is 12.3 Å². The molecule has 0 aromatic carbocycles. The van der Waals surface area contributed by atoms with Crippen LogP contribution in [0.3, 0.4) is 0 Å². The third kappa shape index (κ3) is 2.06. The highest BCUT2D eigenvalue weighted by molar-refractivity contribution is 7.10. The van der Waals surface area contributed by atoms with Crippen molar-refractivity contribution in [3.63, 3.8) is 0 Å². The van der Waals surface area contributed by atoms with E-state index in [4.69, 9.17) is 9.57 Å². The number of epoxide rings is 1. The van der Waals surface area contributed by atoms with E-state index in [1.165, 1.54) is 23.3 Å². The molecule has 2 aliphatic rings. The summed E-state index contributed by atoms with van der Waals surface area (Å²) in [7, 11) is 0. The van der Waals surface area contributed by atoms with Crippen LogP contribution in [0.25, 0.3) is 0 Å². The predicted molar refractivity (Wildman–Crippen MR) is 59.5 cm³/mol. The Morgan fingerprint density at radius 1 is 1.53 bits per heavy atom. The van der Waals surface area contributed by atoms with Crippen molar-refractivity contribution in [1.29, 1.82) is 0 Å². The Morgan fingerprint density at radius 3 is 3.33 bits per heavy atom. The van der Waals surface area contributed by atoms with Crippen LogP contribution in [-0.4, -0.2) is 25.0 Å². The van der Waals surface area contributed by atoms with Crippen LogP contribution in [0.1, 0.15) is 23.3 Å². The van der Waals surface area contributed by atoms with Crippen LogP contribution < -0.4 is 0 Å². The van der Waals surface area contributed by atoms with Gasteiger partial charge in [0.2, 0.25) is 0 Å². The highest BCUT2D eigenvalue weighted by Gasteiger charge is 2.23. The lowest BCUT2D eigenvalue weighted by Crippen LogP contribution is -2.10. The Kier molecular flexibility index (Phi) is 2.46. The zero-order valence-corrected chi connectivity index (χ0v) is 9.26. The highest BCUT2D eigenvalue weighted by atomic mass is 32.1. The number of ether oxygens (including phenoxy) is 1. The molecule has 15 heavy (non-hydrogen) atoms. The number of rotatable bonds is 3. The molecule has 0 saturated carbocycles. The summed E-state index contributed by atoms with van der Waals surface area (Å²) in [5, 5.41) is 6.35. The maximum absolute atomic E-state index is 5.29. The van der Waals surface area contributed by atoms with E-state index in [0.717, 1.165) is 18.7 Å². The fourth-order valence-corrected chi connectivity index (χ4v) is 2.74. The highest BCUT2D eigenvalue weighted by Crippen LogP contribution is 2.26. The second-order valence-corrected chi connectivity index (χ2v) is 4.90. The largest absolute Gasteiger partial charge is 0.393 e. The molecule has 3 nitrogen and oxygen atoms in total. The topological polar surface area (TPSA) is 34.1 Å². The first-order chi connectivity index (χ1) is 7.43. The number of hydrogen-bond donors (Lipinski definition) is 0. The molecule has 0 bridgehead atoms. The van der Waals surface area contributed by atoms with E-state index in [9.17, 15) is 0 Å². The summed E-state index contributed by atoms with van der Waals surface area (Å²) in [6, 6.07) is 2.15. The van der Waals surface area contributed by atoms with Gasteiger partial charge in [-0.05, 0) is 30.7 Å². The van der Waals surface area contributed by atoms with Crippen molar-refractivity contribution in [3.8, 4) is 0 Å². The summed E-state index contributed by atoms with van der Waals surface area (Å²) < 4.78 is 5.06. The van der Waals surface area contributed by atoms with Crippen LogP contribution in [0.4, 0.5) is 0 Å². The zero-order chi connectivity index (χ0) is 10.1. The van der Waals surface area contributed by atoms with Crippen molar-refractivity contribution in [2.75, 3.05) is 13.2 Å². The molecule has 4 heteroatoms. The van der Waals surface area contributed by atoms with Gasteiger partial charge in [-0.1, -0.05) is 5.16 Å². The second-order valence-electron chi connectivity index (χ2n) is 3.90. The van der Waals surface area contributed by atoms with Gasteiger partial charge in [0.25, 0.3) is 0 Å². The molecule has 1 aromatic rings. The molecule has 80 valence electrons. The number of hydrogen-bond acceptors (Lipinski definition) is 4. The van der Waals surface area contributed by atoms with Crippen molar-refractivity contribution < 1.29 is 9.57 Å². The summed E-state index contributed by atoms with van der Waals surface area (Å²) in [6.45, 7) is 1.43. The molecule has 1 atom stereocenters. The van der Waals surface area contributed by atoms with Crippen molar-refractivity contribution in [2.24, 2.45) is 5.16 Å². The van der Waals surface area contributed by atoms with Crippen molar-refractivity contribution in [2.45, 2.75) is 25.4 Å². The molecule has 0 amide bonds. The SMILES string of the molecule is c1cc2c(s1)CCC/C2=N\OCC1CO1. The van der Waals surface area contributed by atoms with Gasteiger partial charge in [0.15, 0.2) is 0 Å². The van der Waals surface area contributed by atoms with E-state index in [2.05, 4.69) is 16.6 Å². The van der Waals surface area contributed by atoms with Crippen LogP contribution in [0, 0.1) is 0 Å². The molecule has 1 fully saturated rings. The first kappa shape index (κ1) is 9.36. The van der Waals surface area contributed by atoms with Crippen LogP contribution in [0.2, 0.25) is 0 Å². The van der Waals surface area contributed by atoms with Gasteiger partial charge in [-0.3, -0.25) is 0 Å². The van der Waals surface area contributed by atoms with Crippen molar-refractivity contribution >= 4 is 17.0 Å². The number of nitrogens with zero attached hydrogens (tertiary/aromatic N) is 1. The zero-order valence-electron chi connectivity index (χ0n) is 8.44. The van der Waals surface area contributed by atoms with Gasteiger partial charge in [0.1, 0.15) is 12.7 Å². The number of thiophene rings is 1. The molecular weight excluding hydrogens is 210 g/mol. The third-order valence-electron chi connectivity index (χ3n) is 2.71. The molecule has 0 spiro atoms. The van der Waals surface area contributed by atoms with Gasteiger partial charge in [-0.2, -0.15) is 0 Å². The minimum atomic E-state index is 0.292. The summed E-state index contributed by atoms with van der Waals surface area (Å²) in [5.74, 6) is 0. The molecule has 1 aliphatic carbocycles. The van der Waals surface area contributed by atoms with Crippen LogP contribution >= 0.6 is 11.3 Å². The number of oxime groups is 1. The summed E-state index contributed by atoms with van der Waals surface area (Å²) >= 11 is 1.82. The van der Waals surface area contributed by atoms with E-state index in [-0.39, 0.29) is 0 Å². The lowest BCUT2D eigenvalue weighted by atomic mass is 9.97. The normalized spacial score (nSPS) is 26.4. The monoisotopic (exact) mass is 223 g/mol. The van der Waals surface area contributed by atoms with Crippen molar-refractivity contribution in [3.05, 3.63) is 21.9 Å². The molecule has 0 N–H and O–H groups in total. The molecule has 1 aromatic heterocycles. The lowest BCUT2D eigenvalue weighted by Gasteiger charge is -2.12. The first-order valence-corrected chi connectivity index (χ1v) is 6.18. The minimum Gasteiger partial charge on any atom is -0.393 e.